The Kier molecular flexibility index (Phi) is 4.51. The molecule has 5 nitrogen and oxygen atoms in total. The Morgan fingerprint density at radius 3 is 2.84 bits per heavy atom. The lowest BCUT2D eigenvalue weighted by molar-refractivity contribution is 0.102. The molecule has 0 atom stereocenters. The van der Waals surface area contributed by atoms with E-state index in [-0.39, 0.29) is 11.9 Å². The number of hydrogen-bond donors (Lipinski definition) is 1. The predicted octanol–water partition coefficient (Wildman–Crippen LogP) is 2.39. The fourth-order valence-corrected chi connectivity index (χ4v) is 3.46. The van der Waals surface area contributed by atoms with Crippen molar-refractivity contribution in [2.45, 2.75) is 32.0 Å². The smallest absolute Gasteiger partial charge is 0.211 e. The minimum Gasteiger partial charge on any atom is -0.490 e. The number of nitrogens with zero attached hydrogens (tertiary/aromatic N) is 2. The van der Waals surface area contributed by atoms with Crippen molar-refractivity contribution >= 4 is 5.78 Å². The first-order valence-electron chi connectivity index (χ1n) is 8.87. The van der Waals surface area contributed by atoms with Gasteiger partial charge in [0.05, 0.1) is 0 Å². The predicted molar refractivity (Wildman–Crippen MR) is 95.8 cm³/mol. The third kappa shape index (κ3) is 3.57. The van der Waals surface area contributed by atoms with E-state index in [1.807, 2.05) is 30.3 Å². The minimum atomic E-state index is -0.0523. The first-order valence-corrected chi connectivity index (χ1v) is 8.87. The maximum Gasteiger partial charge on any atom is 0.211 e. The Hall–Kier alpha value is -2.24. The van der Waals surface area contributed by atoms with Crippen LogP contribution in [0.15, 0.2) is 36.5 Å². The maximum absolute atomic E-state index is 12.8. The van der Waals surface area contributed by atoms with Gasteiger partial charge in [-0.25, -0.2) is 0 Å². The molecule has 0 amide bonds. The van der Waals surface area contributed by atoms with Gasteiger partial charge < -0.3 is 15.0 Å². The Morgan fingerprint density at radius 2 is 2.00 bits per heavy atom. The van der Waals surface area contributed by atoms with Crippen LogP contribution in [0.5, 0.6) is 5.75 Å². The van der Waals surface area contributed by atoms with Gasteiger partial charge in [0.25, 0.3) is 0 Å². The number of rotatable bonds is 4. The summed E-state index contributed by atoms with van der Waals surface area (Å²) in [6.45, 7) is 3.74. The van der Waals surface area contributed by atoms with Crippen LogP contribution in [0.3, 0.4) is 0 Å². The SMILES string of the molecule is CN1CCC(Oc2cccc(C(=O)c3cc4c(cn3)CNC4)c2)CC1. The van der Waals surface area contributed by atoms with Crippen LogP contribution in [0.1, 0.15) is 40.0 Å². The van der Waals surface area contributed by atoms with Crippen LogP contribution in [-0.2, 0) is 13.1 Å². The number of ketones is 1. The molecular weight excluding hydrogens is 314 g/mol. The highest BCUT2D eigenvalue weighted by atomic mass is 16.5. The van der Waals surface area contributed by atoms with Crippen molar-refractivity contribution in [3.63, 3.8) is 0 Å². The summed E-state index contributed by atoms with van der Waals surface area (Å²) in [7, 11) is 2.13. The number of carbonyl (C=O) groups excluding carboxylic acids is 1. The zero-order chi connectivity index (χ0) is 17.2. The summed E-state index contributed by atoms with van der Waals surface area (Å²) in [5.74, 6) is 0.715. The van der Waals surface area contributed by atoms with Crippen LogP contribution in [0.2, 0.25) is 0 Å². The Balaban J connectivity index is 1.50. The average molecular weight is 337 g/mol. The van der Waals surface area contributed by atoms with Crippen LogP contribution >= 0.6 is 0 Å². The van der Waals surface area contributed by atoms with Gasteiger partial charge in [0.1, 0.15) is 17.5 Å². The Morgan fingerprint density at radius 1 is 1.20 bits per heavy atom. The quantitative estimate of drug-likeness (QED) is 0.868. The van der Waals surface area contributed by atoms with Crippen LogP contribution in [0.25, 0.3) is 0 Å². The van der Waals surface area contributed by atoms with E-state index in [0.717, 1.165) is 50.3 Å². The minimum absolute atomic E-state index is 0.0523. The summed E-state index contributed by atoms with van der Waals surface area (Å²) in [6, 6.07) is 9.38. The number of piperidine rings is 1. The number of hydrogen-bond acceptors (Lipinski definition) is 5. The van der Waals surface area contributed by atoms with Gasteiger partial charge in [0.15, 0.2) is 0 Å². The molecular formula is C20H23N3O2. The van der Waals surface area contributed by atoms with Crippen molar-refractivity contribution in [3.05, 3.63) is 58.9 Å². The standard InChI is InChI=1S/C20H23N3O2/c1-23-7-5-17(6-8-23)25-18-4-2-3-14(9-18)20(24)19-10-15-11-21-12-16(15)13-22-19/h2-4,9-10,13,17,21H,5-8,11-12H2,1H3. The molecule has 25 heavy (non-hydrogen) atoms. The second-order valence-corrected chi connectivity index (χ2v) is 6.92. The summed E-state index contributed by atoms with van der Waals surface area (Å²) in [4.78, 5) is 19.4. The average Bonchev–Trinajstić information content (AvgIpc) is 3.11. The maximum atomic E-state index is 12.8. The molecule has 2 aliphatic heterocycles. The highest BCUT2D eigenvalue weighted by molar-refractivity contribution is 6.08. The first-order chi connectivity index (χ1) is 12.2. The number of likely N-dealkylation sites (tertiary alicyclic amines) is 1. The molecule has 0 bridgehead atoms. The van der Waals surface area contributed by atoms with E-state index in [1.54, 1.807) is 6.20 Å². The van der Waals surface area contributed by atoms with Crippen molar-refractivity contribution in [1.29, 1.82) is 0 Å². The van der Waals surface area contributed by atoms with Gasteiger partial charge in [-0.3, -0.25) is 9.78 Å². The lowest BCUT2D eigenvalue weighted by Gasteiger charge is -2.29. The normalized spacial score (nSPS) is 18.1. The lowest BCUT2D eigenvalue weighted by Crippen LogP contribution is -2.35. The molecule has 2 aromatic rings. The lowest BCUT2D eigenvalue weighted by atomic mass is 10.0. The van der Waals surface area contributed by atoms with Crippen molar-refractivity contribution < 1.29 is 9.53 Å². The molecule has 1 saturated heterocycles. The molecule has 4 rings (SSSR count). The van der Waals surface area contributed by atoms with Gasteiger partial charge in [-0.1, -0.05) is 12.1 Å². The number of aromatic nitrogens is 1. The molecule has 2 aliphatic rings. The summed E-state index contributed by atoms with van der Waals surface area (Å²) >= 11 is 0. The van der Waals surface area contributed by atoms with E-state index in [9.17, 15) is 4.79 Å². The van der Waals surface area contributed by atoms with Gasteiger partial charge in [-0.15, -0.1) is 0 Å². The van der Waals surface area contributed by atoms with Crippen LogP contribution in [0.4, 0.5) is 0 Å². The van der Waals surface area contributed by atoms with Crippen LogP contribution in [0, 0.1) is 0 Å². The molecule has 1 fully saturated rings. The van der Waals surface area contributed by atoms with E-state index >= 15 is 0 Å². The number of pyridine rings is 1. The Bertz CT molecular complexity index is 782. The van der Waals surface area contributed by atoms with Crippen LogP contribution < -0.4 is 10.1 Å². The molecule has 130 valence electrons. The fraction of sp³-hybridized carbons (Fsp3) is 0.400. The molecule has 1 N–H and O–H groups in total. The zero-order valence-electron chi connectivity index (χ0n) is 14.5. The monoisotopic (exact) mass is 337 g/mol. The van der Waals surface area contributed by atoms with Gasteiger partial charge >= 0.3 is 0 Å². The van der Waals surface area contributed by atoms with Crippen molar-refractivity contribution in [2.75, 3.05) is 20.1 Å². The summed E-state index contributed by atoms with van der Waals surface area (Å²) in [5.41, 5.74) is 3.47. The zero-order valence-corrected chi connectivity index (χ0v) is 14.5. The summed E-state index contributed by atoms with van der Waals surface area (Å²) in [5, 5.41) is 3.28. The number of nitrogens with one attached hydrogen (secondary N) is 1. The summed E-state index contributed by atoms with van der Waals surface area (Å²) in [6.07, 6.45) is 4.08. The number of benzene rings is 1. The third-order valence-corrected chi connectivity index (χ3v) is 5.01. The molecule has 0 radical (unpaired) electrons. The molecule has 5 heteroatoms. The van der Waals surface area contributed by atoms with E-state index < -0.39 is 0 Å². The molecule has 0 saturated carbocycles. The van der Waals surface area contributed by atoms with E-state index in [2.05, 4.69) is 22.2 Å². The van der Waals surface area contributed by atoms with Crippen molar-refractivity contribution in [3.8, 4) is 5.75 Å². The molecule has 1 aromatic carbocycles. The number of fused-ring (bicyclic) bond motifs is 1. The van der Waals surface area contributed by atoms with Gasteiger partial charge in [-0.05, 0) is 49.2 Å². The first kappa shape index (κ1) is 16.2. The second-order valence-electron chi connectivity index (χ2n) is 6.92. The van der Waals surface area contributed by atoms with Gasteiger partial charge in [0.2, 0.25) is 5.78 Å². The third-order valence-electron chi connectivity index (χ3n) is 5.01. The van der Waals surface area contributed by atoms with E-state index in [1.165, 1.54) is 5.56 Å². The van der Waals surface area contributed by atoms with E-state index in [4.69, 9.17) is 4.74 Å². The molecule has 3 heterocycles. The molecule has 0 spiro atoms. The largest absolute Gasteiger partial charge is 0.490 e. The molecule has 0 aliphatic carbocycles. The molecule has 1 aromatic heterocycles. The van der Waals surface area contributed by atoms with Crippen molar-refractivity contribution in [2.24, 2.45) is 0 Å². The van der Waals surface area contributed by atoms with Gasteiger partial charge in [-0.2, -0.15) is 0 Å². The number of ether oxygens (including phenoxy) is 1. The number of carbonyl (C=O) groups is 1. The highest BCUT2D eigenvalue weighted by Gasteiger charge is 2.20. The Labute approximate surface area is 148 Å². The van der Waals surface area contributed by atoms with Gasteiger partial charge in [0, 0.05) is 37.9 Å². The molecule has 0 unspecified atom stereocenters. The topological polar surface area (TPSA) is 54.5 Å². The van der Waals surface area contributed by atoms with Crippen molar-refractivity contribution in [1.82, 2.24) is 15.2 Å². The highest BCUT2D eigenvalue weighted by Crippen LogP contribution is 2.22. The van der Waals surface area contributed by atoms with E-state index in [0.29, 0.717) is 11.3 Å². The summed E-state index contributed by atoms with van der Waals surface area (Å²) < 4.78 is 6.10. The van der Waals surface area contributed by atoms with Crippen LogP contribution in [-0.4, -0.2) is 41.9 Å². The second kappa shape index (κ2) is 6.94. The fourth-order valence-electron chi connectivity index (χ4n) is 3.46.